The number of rotatable bonds is 9. The molecule has 0 spiro atoms. The highest BCUT2D eigenvalue weighted by molar-refractivity contribution is 9.10. The van der Waals surface area contributed by atoms with Crippen molar-refractivity contribution in [1.82, 2.24) is 4.90 Å². The molecule has 3 rings (SSSR count). The fourth-order valence-corrected chi connectivity index (χ4v) is 4.00. The van der Waals surface area contributed by atoms with Gasteiger partial charge in [-0.2, -0.15) is 0 Å². The topological polar surface area (TPSA) is 38.8 Å². The van der Waals surface area contributed by atoms with Gasteiger partial charge in [0.25, 0.3) is 5.91 Å². The Labute approximate surface area is 174 Å². The zero-order valence-corrected chi connectivity index (χ0v) is 17.5. The van der Waals surface area contributed by atoms with E-state index >= 15 is 0 Å². The van der Waals surface area contributed by atoms with Gasteiger partial charge in [-0.15, -0.1) is 13.2 Å². The molecule has 2 aromatic carbocycles. The van der Waals surface area contributed by atoms with E-state index in [1.165, 1.54) is 0 Å². The van der Waals surface area contributed by atoms with Crippen LogP contribution in [0.25, 0.3) is 0 Å². The van der Waals surface area contributed by atoms with Gasteiger partial charge in [-0.3, -0.25) is 4.79 Å². The number of nitrogens with zero attached hydrogens (tertiary/aromatic N) is 1. The van der Waals surface area contributed by atoms with Crippen LogP contribution in [0.4, 0.5) is 0 Å². The third kappa shape index (κ3) is 4.05. The summed E-state index contributed by atoms with van der Waals surface area (Å²) in [7, 11) is 1.64. The molecule has 28 heavy (non-hydrogen) atoms. The molecular weight excluding hydrogens is 418 g/mol. The minimum absolute atomic E-state index is 0.00169. The van der Waals surface area contributed by atoms with Crippen LogP contribution in [0.1, 0.15) is 40.0 Å². The van der Waals surface area contributed by atoms with Gasteiger partial charge >= 0.3 is 0 Å². The van der Waals surface area contributed by atoms with E-state index in [1.54, 1.807) is 13.2 Å². The molecule has 146 valence electrons. The van der Waals surface area contributed by atoms with Crippen molar-refractivity contribution in [2.24, 2.45) is 0 Å². The molecule has 1 aliphatic heterocycles. The highest BCUT2D eigenvalue weighted by Gasteiger charge is 2.40. The number of fused-ring (bicyclic) bond motifs is 1. The lowest BCUT2D eigenvalue weighted by Gasteiger charge is -2.33. The molecule has 0 saturated heterocycles. The second kappa shape index (κ2) is 9.22. The Morgan fingerprint density at radius 3 is 2.75 bits per heavy atom. The van der Waals surface area contributed by atoms with Crippen LogP contribution in [-0.4, -0.2) is 31.1 Å². The number of benzene rings is 2. The fourth-order valence-electron chi connectivity index (χ4n) is 3.64. The van der Waals surface area contributed by atoms with Crippen LogP contribution in [0.5, 0.6) is 5.75 Å². The van der Waals surface area contributed by atoms with Crippen LogP contribution < -0.4 is 4.74 Å². The molecule has 1 aliphatic rings. The first-order chi connectivity index (χ1) is 13.6. The highest BCUT2D eigenvalue weighted by Crippen LogP contribution is 2.43. The maximum atomic E-state index is 13.4. The van der Waals surface area contributed by atoms with Crippen LogP contribution in [0.3, 0.4) is 0 Å². The van der Waals surface area contributed by atoms with E-state index in [-0.39, 0.29) is 18.0 Å². The number of hydrogen-bond acceptors (Lipinski definition) is 3. The van der Waals surface area contributed by atoms with Crippen LogP contribution in [-0.2, 0) is 4.74 Å². The Morgan fingerprint density at radius 2 is 2.04 bits per heavy atom. The quantitative estimate of drug-likeness (QED) is 0.382. The molecule has 4 nitrogen and oxygen atoms in total. The number of halogens is 1. The molecule has 0 aliphatic carbocycles. The summed E-state index contributed by atoms with van der Waals surface area (Å²) in [6.07, 6.45) is 4.24. The van der Waals surface area contributed by atoms with Gasteiger partial charge in [0.05, 0.1) is 32.4 Å². The summed E-state index contributed by atoms with van der Waals surface area (Å²) < 4.78 is 12.1. The Balaban J connectivity index is 2.05. The summed E-state index contributed by atoms with van der Waals surface area (Å²) in [5, 5.41) is 0. The van der Waals surface area contributed by atoms with Crippen LogP contribution in [0.2, 0.25) is 0 Å². The standard InChI is InChI=1S/C23H24BrNO3/c1-4-7-21-19-11-10-17(24)14-20(19)23(26)25(21)22(15-28-12-5-2)16-8-6-9-18(13-16)27-3/h4-6,8-11,13-14,21-22H,1-2,7,12,15H2,3H3. The Hall–Kier alpha value is -2.37. The van der Waals surface area contributed by atoms with Crippen molar-refractivity contribution in [1.29, 1.82) is 0 Å². The summed E-state index contributed by atoms with van der Waals surface area (Å²) in [6.45, 7) is 8.40. The first-order valence-corrected chi connectivity index (χ1v) is 9.95. The Bertz CT molecular complexity index is 880. The largest absolute Gasteiger partial charge is 0.497 e. The van der Waals surface area contributed by atoms with Gasteiger partial charge in [0.1, 0.15) is 5.75 Å². The van der Waals surface area contributed by atoms with Gasteiger partial charge in [-0.05, 0) is 41.8 Å². The molecule has 0 radical (unpaired) electrons. The SMILES string of the molecule is C=CCOCC(c1cccc(OC)c1)N1C(=O)c2cc(Br)ccc2C1CC=C. The third-order valence-electron chi connectivity index (χ3n) is 4.89. The predicted octanol–water partition coefficient (Wildman–Crippen LogP) is 5.47. The van der Waals surface area contributed by atoms with Gasteiger partial charge in [0, 0.05) is 10.0 Å². The van der Waals surface area contributed by atoms with Gasteiger partial charge in [-0.1, -0.05) is 46.3 Å². The summed E-state index contributed by atoms with van der Waals surface area (Å²) in [4.78, 5) is 15.3. The second-order valence-electron chi connectivity index (χ2n) is 6.60. The van der Waals surface area contributed by atoms with Gasteiger partial charge in [0.2, 0.25) is 0 Å². The normalized spacial score (nSPS) is 16.6. The molecule has 2 aromatic rings. The summed E-state index contributed by atoms with van der Waals surface area (Å²) >= 11 is 3.48. The first-order valence-electron chi connectivity index (χ1n) is 9.16. The monoisotopic (exact) mass is 441 g/mol. The molecule has 0 aromatic heterocycles. The lowest BCUT2D eigenvalue weighted by atomic mass is 10.00. The fraction of sp³-hybridized carbons (Fsp3) is 0.261. The van der Waals surface area contributed by atoms with Crippen molar-refractivity contribution in [3.63, 3.8) is 0 Å². The van der Waals surface area contributed by atoms with Crippen molar-refractivity contribution in [3.8, 4) is 5.75 Å². The van der Waals surface area contributed by atoms with Crippen molar-refractivity contribution in [3.05, 3.63) is 88.9 Å². The van der Waals surface area contributed by atoms with E-state index in [0.29, 0.717) is 19.6 Å². The number of carbonyl (C=O) groups is 1. The van der Waals surface area contributed by atoms with E-state index in [9.17, 15) is 4.79 Å². The lowest BCUT2D eigenvalue weighted by molar-refractivity contribution is 0.0394. The molecule has 2 atom stereocenters. The number of hydrogen-bond donors (Lipinski definition) is 0. The van der Waals surface area contributed by atoms with E-state index < -0.39 is 0 Å². The summed E-state index contributed by atoms with van der Waals surface area (Å²) in [5.74, 6) is 0.747. The van der Waals surface area contributed by atoms with Gasteiger partial charge < -0.3 is 14.4 Å². The molecule has 0 bridgehead atoms. The van der Waals surface area contributed by atoms with Crippen molar-refractivity contribution in [2.75, 3.05) is 20.3 Å². The zero-order valence-electron chi connectivity index (χ0n) is 15.9. The average Bonchev–Trinajstić information content (AvgIpc) is 2.97. The van der Waals surface area contributed by atoms with Gasteiger partial charge in [-0.25, -0.2) is 0 Å². The van der Waals surface area contributed by atoms with Gasteiger partial charge in [0.15, 0.2) is 0 Å². The zero-order chi connectivity index (χ0) is 20.1. The Kier molecular flexibility index (Phi) is 6.70. The Morgan fingerprint density at radius 1 is 1.21 bits per heavy atom. The van der Waals surface area contributed by atoms with E-state index in [2.05, 4.69) is 29.1 Å². The van der Waals surface area contributed by atoms with E-state index in [4.69, 9.17) is 9.47 Å². The summed E-state index contributed by atoms with van der Waals surface area (Å²) in [5.41, 5.74) is 2.71. The maximum Gasteiger partial charge on any atom is 0.255 e. The number of carbonyl (C=O) groups excluding carboxylic acids is 1. The van der Waals surface area contributed by atoms with E-state index in [0.717, 1.165) is 26.9 Å². The van der Waals surface area contributed by atoms with Crippen molar-refractivity contribution >= 4 is 21.8 Å². The molecule has 2 unspecified atom stereocenters. The molecule has 5 heteroatoms. The second-order valence-corrected chi connectivity index (χ2v) is 7.52. The smallest absolute Gasteiger partial charge is 0.255 e. The summed E-state index contributed by atoms with van der Waals surface area (Å²) in [6, 6.07) is 13.3. The van der Waals surface area contributed by atoms with Crippen LogP contribution in [0.15, 0.2) is 72.2 Å². The van der Waals surface area contributed by atoms with Crippen LogP contribution in [0, 0.1) is 0 Å². The molecule has 1 heterocycles. The van der Waals surface area contributed by atoms with Crippen molar-refractivity contribution in [2.45, 2.75) is 18.5 Å². The minimum atomic E-state index is -0.251. The van der Waals surface area contributed by atoms with Crippen LogP contribution >= 0.6 is 15.9 Å². The molecule has 0 fully saturated rings. The average molecular weight is 442 g/mol. The molecule has 0 N–H and O–H groups in total. The molecular formula is C23H24BrNO3. The lowest BCUT2D eigenvalue weighted by Crippen LogP contribution is -2.35. The van der Waals surface area contributed by atoms with Crippen molar-refractivity contribution < 1.29 is 14.3 Å². The number of ether oxygens (including phenoxy) is 2. The number of amides is 1. The molecule has 1 amide bonds. The first kappa shape index (κ1) is 20.4. The third-order valence-corrected chi connectivity index (χ3v) is 5.38. The molecule has 0 saturated carbocycles. The maximum absolute atomic E-state index is 13.4. The minimum Gasteiger partial charge on any atom is -0.497 e. The number of methoxy groups -OCH3 is 1. The highest BCUT2D eigenvalue weighted by atomic mass is 79.9. The predicted molar refractivity (Wildman–Crippen MR) is 115 cm³/mol. The van der Waals surface area contributed by atoms with E-state index in [1.807, 2.05) is 53.4 Å².